The van der Waals surface area contributed by atoms with Gasteiger partial charge in [0.25, 0.3) is 0 Å². The van der Waals surface area contributed by atoms with Crippen LogP contribution in [0.25, 0.3) is 78.2 Å². The van der Waals surface area contributed by atoms with Gasteiger partial charge in [-0.15, -0.1) is 0 Å². The third-order valence-corrected chi connectivity index (χ3v) is 9.60. The van der Waals surface area contributed by atoms with E-state index in [1.54, 1.807) is 36.4 Å². The fraction of sp³-hybridized carbons (Fsp3) is 0.0909. The minimum Gasteiger partial charge on any atom is -0.244 e. The van der Waals surface area contributed by atoms with E-state index in [1.165, 1.54) is 48.5 Å². The second-order valence-corrected chi connectivity index (χ2v) is 13.5. The molecule has 0 unspecified atom stereocenters. The number of benzene rings is 6. The summed E-state index contributed by atoms with van der Waals surface area (Å²) in [5, 5.41) is 0. The van der Waals surface area contributed by atoms with Gasteiger partial charge in [-0.3, -0.25) is 0 Å². The second kappa shape index (κ2) is 14.5. The molecule has 4 nitrogen and oxygen atoms in total. The number of alkyl halides is 12. The summed E-state index contributed by atoms with van der Waals surface area (Å²) in [4.78, 5) is 18.8. The molecule has 0 amide bonds. The Morgan fingerprint density at radius 1 is 0.233 bits per heavy atom. The van der Waals surface area contributed by atoms with Crippen LogP contribution < -0.4 is 0 Å². The van der Waals surface area contributed by atoms with Crippen molar-refractivity contribution in [1.29, 1.82) is 0 Å². The van der Waals surface area contributed by atoms with Crippen molar-refractivity contribution < 1.29 is 52.7 Å². The van der Waals surface area contributed by atoms with E-state index in [4.69, 9.17) is 9.97 Å². The SMILES string of the molecule is FC(F)(F)c1ccc(-c2nc3ccc(-c4ccc5nc(-c6ccc(C(F)(F)F)cc6)c(-c6ccc(C(F)(F)F)cc6)nc5c4)cc3nc2-c2ccc(C(F)(F)F)cc2)cc1. The molecular formula is C44H22F12N4. The molecule has 0 atom stereocenters. The summed E-state index contributed by atoms with van der Waals surface area (Å²) in [5.74, 6) is 0. The maximum absolute atomic E-state index is 13.4. The van der Waals surface area contributed by atoms with Gasteiger partial charge in [0.15, 0.2) is 0 Å². The van der Waals surface area contributed by atoms with Crippen LogP contribution in [-0.4, -0.2) is 19.9 Å². The lowest BCUT2D eigenvalue weighted by Gasteiger charge is -2.14. The fourth-order valence-electron chi connectivity index (χ4n) is 6.54. The second-order valence-electron chi connectivity index (χ2n) is 13.5. The third kappa shape index (κ3) is 7.96. The molecule has 2 heterocycles. The quantitative estimate of drug-likeness (QED) is 0.162. The Labute approximate surface area is 330 Å². The van der Waals surface area contributed by atoms with Crippen LogP contribution in [0.2, 0.25) is 0 Å². The average molecular weight is 835 g/mol. The van der Waals surface area contributed by atoms with Gasteiger partial charge in [-0.1, -0.05) is 60.7 Å². The highest BCUT2D eigenvalue weighted by Crippen LogP contribution is 2.39. The average Bonchev–Trinajstić information content (AvgIpc) is 3.21. The van der Waals surface area contributed by atoms with Gasteiger partial charge in [-0.05, 0) is 83.9 Å². The van der Waals surface area contributed by atoms with Crippen LogP contribution in [0.15, 0.2) is 133 Å². The molecule has 0 aliphatic heterocycles. The molecule has 0 saturated heterocycles. The first-order chi connectivity index (χ1) is 28.2. The zero-order valence-electron chi connectivity index (χ0n) is 30.0. The van der Waals surface area contributed by atoms with Crippen molar-refractivity contribution >= 4 is 22.1 Å². The number of nitrogens with zero attached hydrogens (tertiary/aromatic N) is 4. The Morgan fingerprint density at radius 3 is 0.650 bits per heavy atom. The Kier molecular flexibility index (Phi) is 9.63. The van der Waals surface area contributed by atoms with Crippen LogP contribution in [0.3, 0.4) is 0 Å². The van der Waals surface area contributed by atoms with E-state index in [9.17, 15) is 52.7 Å². The van der Waals surface area contributed by atoms with Crippen LogP contribution in [0.4, 0.5) is 52.7 Å². The summed E-state index contributed by atoms with van der Waals surface area (Å²) in [6.45, 7) is 0. The molecule has 302 valence electrons. The lowest BCUT2D eigenvalue weighted by atomic mass is 9.99. The number of hydrogen-bond donors (Lipinski definition) is 0. The van der Waals surface area contributed by atoms with E-state index in [1.807, 2.05) is 0 Å². The van der Waals surface area contributed by atoms with Crippen LogP contribution in [0.5, 0.6) is 0 Å². The van der Waals surface area contributed by atoms with E-state index in [2.05, 4.69) is 9.97 Å². The summed E-state index contributed by atoms with van der Waals surface area (Å²) in [6.07, 6.45) is -18.5. The first kappa shape index (κ1) is 40.0. The monoisotopic (exact) mass is 834 g/mol. The molecular weight excluding hydrogens is 812 g/mol. The smallest absolute Gasteiger partial charge is 0.244 e. The first-order valence-corrected chi connectivity index (χ1v) is 17.6. The van der Waals surface area contributed by atoms with Crippen LogP contribution in [0.1, 0.15) is 22.3 Å². The summed E-state index contributed by atoms with van der Waals surface area (Å²) in [6, 6.07) is 26.2. The Bertz CT molecular complexity index is 2680. The van der Waals surface area contributed by atoms with Crippen molar-refractivity contribution in [2.45, 2.75) is 24.7 Å². The molecule has 6 aromatic carbocycles. The van der Waals surface area contributed by atoms with E-state index >= 15 is 0 Å². The third-order valence-electron chi connectivity index (χ3n) is 9.60. The molecule has 8 aromatic rings. The normalized spacial score (nSPS) is 12.7. The summed E-state index contributed by atoms with van der Waals surface area (Å²) < 4.78 is 161. The molecule has 0 N–H and O–H groups in total. The number of fused-ring (bicyclic) bond motifs is 2. The molecule has 2 aromatic heterocycles. The molecule has 0 aliphatic rings. The van der Waals surface area contributed by atoms with Gasteiger partial charge in [0.1, 0.15) is 0 Å². The van der Waals surface area contributed by atoms with Crippen molar-refractivity contribution in [3.63, 3.8) is 0 Å². The van der Waals surface area contributed by atoms with Gasteiger partial charge in [0.05, 0.1) is 67.1 Å². The molecule has 0 spiro atoms. The van der Waals surface area contributed by atoms with Gasteiger partial charge >= 0.3 is 24.7 Å². The van der Waals surface area contributed by atoms with E-state index in [-0.39, 0.29) is 56.1 Å². The topological polar surface area (TPSA) is 51.6 Å². The molecule has 60 heavy (non-hydrogen) atoms. The molecule has 16 heteroatoms. The predicted octanol–water partition coefficient (Wildman–Crippen LogP) is 14.0. The van der Waals surface area contributed by atoms with Gasteiger partial charge in [-0.2, -0.15) is 52.7 Å². The highest BCUT2D eigenvalue weighted by atomic mass is 19.4. The van der Waals surface area contributed by atoms with Gasteiger partial charge in [0, 0.05) is 22.3 Å². The van der Waals surface area contributed by atoms with Crippen molar-refractivity contribution in [2.24, 2.45) is 0 Å². The van der Waals surface area contributed by atoms with Gasteiger partial charge < -0.3 is 0 Å². The van der Waals surface area contributed by atoms with E-state index in [0.29, 0.717) is 22.2 Å². The summed E-state index contributed by atoms with van der Waals surface area (Å²) >= 11 is 0. The van der Waals surface area contributed by atoms with Crippen LogP contribution in [-0.2, 0) is 24.7 Å². The lowest BCUT2D eigenvalue weighted by Crippen LogP contribution is -2.05. The number of aromatic nitrogens is 4. The van der Waals surface area contributed by atoms with Crippen molar-refractivity contribution in [3.8, 4) is 56.2 Å². The molecule has 0 bridgehead atoms. The van der Waals surface area contributed by atoms with E-state index < -0.39 is 47.0 Å². The predicted molar refractivity (Wildman–Crippen MR) is 200 cm³/mol. The molecule has 0 saturated carbocycles. The largest absolute Gasteiger partial charge is 0.416 e. The minimum atomic E-state index is -4.63. The molecule has 0 radical (unpaired) electrons. The standard InChI is InChI=1S/C44H22F12N4/c45-41(46,47)29-11-1-23(2-12-29)37-39(25-5-15-31(16-6-25)43(51,52)53)59-35-21-27(9-19-33(35)57-37)28-10-20-34-36(22-28)60-40(26-7-17-32(18-8-26)44(54,55)56)38(58-34)24-3-13-30(14-4-24)42(48,49)50/h1-22H. The Morgan fingerprint density at radius 2 is 0.433 bits per heavy atom. The molecule has 0 aliphatic carbocycles. The van der Waals surface area contributed by atoms with Crippen LogP contribution >= 0.6 is 0 Å². The number of rotatable bonds is 5. The lowest BCUT2D eigenvalue weighted by molar-refractivity contribution is -0.138. The van der Waals surface area contributed by atoms with E-state index in [0.717, 1.165) is 48.5 Å². The molecule has 0 fully saturated rings. The van der Waals surface area contributed by atoms with Gasteiger partial charge in [-0.25, -0.2) is 19.9 Å². The van der Waals surface area contributed by atoms with Crippen molar-refractivity contribution in [3.05, 3.63) is 156 Å². The summed E-state index contributed by atoms with van der Waals surface area (Å²) in [7, 11) is 0. The fourth-order valence-corrected chi connectivity index (χ4v) is 6.54. The van der Waals surface area contributed by atoms with Gasteiger partial charge in [0.2, 0.25) is 0 Å². The highest BCUT2D eigenvalue weighted by Gasteiger charge is 2.33. The Hall–Kier alpha value is -6.84. The number of hydrogen-bond acceptors (Lipinski definition) is 4. The zero-order chi connectivity index (χ0) is 42.8. The maximum Gasteiger partial charge on any atom is 0.416 e. The highest BCUT2D eigenvalue weighted by molar-refractivity contribution is 5.92. The summed E-state index contributed by atoms with van der Waals surface area (Å²) in [5.41, 5.74) is -0.163. The number of halogens is 12. The minimum absolute atomic E-state index is 0.0921. The zero-order valence-corrected chi connectivity index (χ0v) is 30.0. The van der Waals surface area contributed by atoms with Crippen molar-refractivity contribution in [2.75, 3.05) is 0 Å². The van der Waals surface area contributed by atoms with Crippen LogP contribution in [0, 0.1) is 0 Å². The van der Waals surface area contributed by atoms with Crippen molar-refractivity contribution in [1.82, 2.24) is 19.9 Å². The first-order valence-electron chi connectivity index (χ1n) is 17.6. The maximum atomic E-state index is 13.4. The molecule has 8 rings (SSSR count). The Balaban J connectivity index is 1.24.